The number of nitrogens with one attached hydrogen (secondary N) is 1. The topological polar surface area (TPSA) is 21.3 Å². The van der Waals surface area contributed by atoms with Gasteiger partial charge in [-0.25, -0.2) is 0 Å². The van der Waals surface area contributed by atoms with Gasteiger partial charge in [-0.15, -0.1) is 0 Å². The first-order chi connectivity index (χ1) is 9.60. The van der Waals surface area contributed by atoms with E-state index in [1.165, 1.54) is 31.2 Å². The van der Waals surface area contributed by atoms with E-state index in [9.17, 15) is 0 Å². The molecule has 0 saturated heterocycles. The molecule has 1 saturated carbocycles. The minimum absolute atomic E-state index is 0.359. The van der Waals surface area contributed by atoms with Crippen molar-refractivity contribution in [3.63, 3.8) is 0 Å². The largest absolute Gasteiger partial charge is 0.490 e. The second-order valence-electron chi connectivity index (χ2n) is 5.97. The van der Waals surface area contributed by atoms with E-state index < -0.39 is 0 Å². The minimum Gasteiger partial charge on any atom is -0.490 e. The van der Waals surface area contributed by atoms with Crippen molar-refractivity contribution in [3.8, 4) is 5.75 Å². The average molecular weight is 340 g/mol. The lowest BCUT2D eigenvalue weighted by atomic mass is 9.89. The lowest BCUT2D eigenvalue weighted by molar-refractivity contribution is 0.129. The summed E-state index contributed by atoms with van der Waals surface area (Å²) in [6.07, 6.45) is 5.42. The SMILES string of the molecule is CCNC(C)c1ccc(OC2CCCC(C)C2)cc1Br. The molecule has 0 radical (unpaired) electrons. The molecule has 0 aromatic heterocycles. The van der Waals surface area contributed by atoms with Crippen molar-refractivity contribution in [3.05, 3.63) is 28.2 Å². The molecular formula is C17H26BrNO. The van der Waals surface area contributed by atoms with Crippen molar-refractivity contribution in [1.29, 1.82) is 0 Å². The van der Waals surface area contributed by atoms with Crippen molar-refractivity contribution < 1.29 is 4.74 Å². The van der Waals surface area contributed by atoms with E-state index in [2.05, 4.69) is 60.2 Å². The van der Waals surface area contributed by atoms with Crippen LogP contribution in [0.5, 0.6) is 5.75 Å². The number of ether oxygens (including phenoxy) is 1. The summed E-state index contributed by atoms with van der Waals surface area (Å²) >= 11 is 3.67. The van der Waals surface area contributed by atoms with Gasteiger partial charge in [-0.1, -0.05) is 42.3 Å². The number of benzene rings is 1. The van der Waals surface area contributed by atoms with Gasteiger partial charge in [0.1, 0.15) is 5.75 Å². The Kier molecular flexibility index (Phi) is 5.91. The highest BCUT2D eigenvalue weighted by Crippen LogP contribution is 2.31. The van der Waals surface area contributed by atoms with E-state index in [1.54, 1.807) is 0 Å². The number of rotatable bonds is 5. The van der Waals surface area contributed by atoms with Gasteiger partial charge in [0.15, 0.2) is 0 Å². The summed E-state index contributed by atoms with van der Waals surface area (Å²) in [5.74, 6) is 1.79. The quantitative estimate of drug-likeness (QED) is 0.807. The molecular weight excluding hydrogens is 314 g/mol. The van der Waals surface area contributed by atoms with Gasteiger partial charge in [0, 0.05) is 10.5 Å². The summed E-state index contributed by atoms with van der Waals surface area (Å²) in [5.41, 5.74) is 1.29. The Labute approximate surface area is 131 Å². The maximum absolute atomic E-state index is 6.15. The van der Waals surface area contributed by atoms with Crippen LogP contribution in [0.15, 0.2) is 22.7 Å². The van der Waals surface area contributed by atoms with Crippen molar-refractivity contribution in [2.24, 2.45) is 5.92 Å². The second-order valence-corrected chi connectivity index (χ2v) is 6.83. The number of halogens is 1. The van der Waals surface area contributed by atoms with Crippen molar-refractivity contribution >= 4 is 15.9 Å². The normalized spacial score (nSPS) is 24.4. The van der Waals surface area contributed by atoms with Crippen LogP contribution >= 0.6 is 15.9 Å². The first-order valence-electron chi connectivity index (χ1n) is 7.79. The van der Waals surface area contributed by atoms with Crippen LogP contribution in [0.3, 0.4) is 0 Å². The average Bonchev–Trinajstić information content (AvgIpc) is 2.39. The molecule has 1 aromatic carbocycles. The van der Waals surface area contributed by atoms with Gasteiger partial charge < -0.3 is 10.1 Å². The molecule has 0 amide bonds. The fourth-order valence-corrected chi connectivity index (χ4v) is 3.73. The van der Waals surface area contributed by atoms with E-state index in [0.29, 0.717) is 12.1 Å². The van der Waals surface area contributed by atoms with E-state index in [4.69, 9.17) is 4.74 Å². The van der Waals surface area contributed by atoms with Crippen LogP contribution in [0, 0.1) is 5.92 Å². The summed E-state index contributed by atoms with van der Waals surface area (Å²) in [5, 5.41) is 3.44. The summed E-state index contributed by atoms with van der Waals surface area (Å²) in [6.45, 7) is 7.62. The molecule has 0 bridgehead atoms. The molecule has 20 heavy (non-hydrogen) atoms. The Hall–Kier alpha value is -0.540. The highest BCUT2D eigenvalue weighted by Gasteiger charge is 2.20. The van der Waals surface area contributed by atoms with Crippen LogP contribution in [0.1, 0.15) is 58.1 Å². The predicted molar refractivity (Wildman–Crippen MR) is 88.3 cm³/mol. The Morgan fingerprint density at radius 2 is 2.20 bits per heavy atom. The number of hydrogen-bond acceptors (Lipinski definition) is 2. The summed E-state index contributed by atoms with van der Waals surface area (Å²) in [7, 11) is 0. The van der Waals surface area contributed by atoms with Gasteiger partial charge in [0.2, 0.25) is 0 Å². The second kappa shape index (κ2) is 7.46. The van der Waals surface area contributed by atoms with Crippen LogP contribution in [0.4, 0.5) is 0 Å². The molecule has 3 atom stereocenters. The standard InChI is InChI=1S/C17H26BrNO/c1-4-19-13(3)16-9-8-15(11-17(16)18)20-14-7-5-6-12(2)10-14/h8-9,11-14,19H,4-7,10H2,1-3H3. The monoisotopic (exact) mass is 339 g/mol. The molecule has 1 aliphatic rings. The molecule has 0 aliphatic heterocycles. The molecule has 1 aliphatic carbocycles. The highest BCUT2D eigenvalue weighted by atomic mass is 79.9. The zero-order chi connectivity index (χ0) is 14.5. The maximum Gasteiger partial charge on any atom is 0.120 e. The van der Waals surface area contributed by atoms with Gasteiger partial charge >= 0.3 is 0 Å². The molecule has 1 fully saturated rings. The Bertz CT molecular complexity index is 435. The van der Waals surface area contributed by atoms with Crippen LogP contribution in [0.25, 0.3) is 0 Å². The molecule has 3 heteroatoms. The third-order valence-electron chi connectivity index (χ3n) is 4.14. The van der Waals surface area contributed by atoms with E-state index in [1.807, 2.05) is 0 Å². The van der Waals surface area contributed by atoms with Crippen LogP contribution in [-0.2, 0) is 0 Å². The first-order valence-corrected chi connectivity index (χ1v) is 8.59. The lowest BCUT2D eigenvalue weighted by Gasteiger charge is -2.27. The van der Waals surface area contributed by atoms with Gasteiger partial charge in [-0.2, -0.15) is 0 Å². The van der Waals surface area contributed by atoms with Gasteiger partial charge in [-0.05, 0) is 56.3 Å². The van der Waals surface area contributed by atoms with Gasteiger partial charge in [0.25, 0.3) is 0 Å². The number of hydrogen-bond donors (Lipinski definition) is 1. The third kappa shape index (κ3) is 4.23. The summed E-state index contributed by atoms with van der Waals surface area (Å²) in [4.78, 5) is 0. The molecule has 3 unspecified atom stereocenters. The molecule has 0 spiro atoms. The van der Waals surface area contributed by atoms with Gasteiger partial charge in [0.05, 0.1) is 6.10 Å². The van der Waals surface area contributed by atoms with Crippen molar-refractivity contribution in [2.75, 3.05) is 6.54 Å². The Balaban J connectivity index is 2.01. The summed E-state index contributed by atoms with van der Waals surface area (Å²) < 4.78 is 7.28. The maximum atomic E-state index is 6.15. The zero-order valence-corrected chi connectivity index (χ0v) is 14.4. The van der Waals surface area contributed by atoms with Gasteiger partial charge in [-0.3, -0.25) is 0 Å². The lowest BCUT2D eigenvalue weighted by Crippen LogP contribution is -2.24. The van der Waals surface area contributed by atoms with Crippen LogP contribution in [-0.4, -0.2) is 12.6 Å². The smallest absolute Gasteiger partial charge is 0.120 e. The minimum atomic E-state index is 0.359. The fraction of sp³-hybridized carbons (Fsp3) is 0.647. The highest BCUT2D eigenvalue weighted by molar-refractivity contribution is 9.10. The van der Waals surface area contributed by atoms with Crippen LogP contribution < -0.4 is 10.1 Å². The Morgan fingerprint density at radius 1 is 1.40 bits per heavy atom. The molecule has 2 rings (SSSR count). The molecule has 0 heterocycles. The first kappa shape index (κ1) is 15.8. The van der Waals surface area contributed by atoms with Crippen molar-refractivity contribution in [1.82, 2.24) is 5.32 Å². The Morgan fingerprint density at radius 3 is 2.85 bits per heavy atom. The van der Waals surface area contributed by atoms with E-state index >= 15 is 0 Å². The molecule has 1 N–H and O–H groups in total. The molecule has 1 aromatic rings. The summed E-state index contributed by atoms with van der Waals surface area (Å²) in [6, 6.07) is 6.74. The van der Waals surface area contributed by atoms with Crippen LogP contribution in [0.2, 0.25) is 0 Å². The fourth-order valence-electron chi connectivity index (χ4n) is 3.03. The predicted octanol–water partition coefficient (Wildman–Crippen LogP) is 5.08. The van der Waals surface area contributed by atoms with E-state index in [-0.39, 0.29) is 0 Å². The third-order valence-corrected chi connectivity index (χ3v) is 4.83. The van der Waals surface area contributed by atoms with E-state index in [0.717, 1.165) is 22.7 Å². The molecule has 112 valence electrons. The van der Waals surface area contributed by atoms with Crippen molar-refractivity contribution in [2.45, 2.75) is 58.6 Å². The zero-order valence-electron chi connectivity index (χ0n) is 12.8. The molecule has 2 nitrogen and oxygen atoms in total.